The number of pyridine rings is 1. The van der Waals surface area contributed by atoms with Crippen LogP contribution in [-0.2, 0) is 9.53 Å². The fourth-order valence-corrected chi connectivity index (χ4v) is 4.91. The molecule has 0 aromatic carbocycles. The van der Waals surface area contributed by atoms with Crippen LogP contribution in [0.5, 0.6) is 0 Å². The van der Waals surface area contributed by atoms with Gasteiger partial charge in [-0.3, -0.25) is 9.78 Å². The van der Waals surface area contributed by atoms with Crippen molar-refractivity contribution in [3.63, 3.8) is 0 Å². The first kappa shape index (κ1) is 16.9. The summed E-state index contributed by atoms with van der Waals surface area (Å²) in [6, 6.07) is 4.38. The van der Waals surface area contributed by atoms with Crippen molar-refractivity contribution in [1.29, 1.82) is 0 Å². The van der Waals surface area contributed by atoms with E-state index in [2.05, 4.69) is 20.0 Å². The lowest BCUT2D eigenvalue weighted by atomic mass is 9.88. The zero-order valence-corrected chi connectivity index (χ0v) is 15.3. The molecule has 1 amide bonds. The minimum Gasteiger partial charge on any atom is -0.381 e. The van der Waals surface area contributed by atoms with Crippen molar-refractivity contribution in [2.45, 2.75) is 56.5 Å². The molecule has 142 valence electrons. The predicted molar refractivity (Wildman–Crippen MR) is 96.7 cm³/mol. The van der Waals surface area contributed by atoms with Crippen LogP contribution in [0.25, 0.3) is 11.4 Å². The number of hydrogen-bond acceptors (Lipinski definition) is 6. The predicted octanol–water partition coefficient (Wildman–Crippen LogP) is 2.80. The number of piperidine rings is 1. The standard InChI is InChI=1S/C20H24N4O3/c25-20(14-5-9-26-10-6-14)24-16-1-2-17(24)12-15(11-16)19-22-18(23-27-19)13-3-7-21-8-4-13/h3-4,7-8,14-17H,1-2,5-6,9-12H2/t15?,16-,17+. The van der Waals surface area contributed by atoms with Crippen molar-refractivity contribution in [1.82, 2.24) is 20.0 Å². The van der Waals surface area contributed by atoms with Gasteiger partial charge in [0.25, 0.3) is 0 Å². The van der Waals surface area contributed by atoms with Gasteiger partial charge in [0.2, 0.25) is 17.6 Å². The van der Waals surface area contributed by atoms with Gasteiger partial charge in [-0.05, 0) is 50.7 Å². The summed E-state index contributed by atoms with van der Waals surface area (Å²) in [7, 11) is 0. The van der Waals surface area contributed by atoms with Crippen LogP contribution in [0.3, 0.4) is 0 Å². The van der Waals surface area contributed by atoms with Crippen LogP contribution < -0.4 is 0 Å². The highest BCUT2D eigenvalue weighted by atomic mass is 16.5. The quantitative estimate of drug-likeness (QED) is 0.829. The Kier molecular flexibility index (Phi) is 4.39. The molecular formula is C20H24N4O3. The highest BCUT2D eigenvalue weighted by Crippen LogP contribution is 2.44. The number of ether oxygens (including phenoxy) is 1. The summed E-state index contributed by atoms with van der Waals surface area (Å²) >= 11 is 0. The van der Waals surface area contributed by atoms with Crippen LogP contribution in [0.15, 0.2) is 29.0 Å². The lowest BCUT2D eigenvalue weighted by Crippen LogP contribution is -2.49. The molecule has 3 fully saturated rings. The van der Waals surface area contributed by atoms with Crippen molar-refractivity contribution in [3.8, 4) is 11.4 Å². The Hall–Kier alpha value is -2.28. The third kappa shape index (κ3) is 3.14. The van der Waals surface area contributed by atoms with Gasteiger partial charge in [0.1, 0.15) is 0 Å². The molecule has 2 aromatic heterocycles. The van der Waals surface area contributed by atoms with E-state index < -0.39 is 0 Å². The number of aromatic nitrogens is 3. The highest BCUT2D eigenvalue weighted by Gasteiger charge is 2.46. The van der Waals surface area contributed by atoms with Gasteiger partial charge in [0, 0.05) is 55.1 Å². The second-order valence-corrected chi connectivity index (χ2v) is 7.88. The lowest BCUT2D eigenvalue weighted by molar-refractivity contribution is -0.143. The molecule has 7 nitrogen and oxygen atoms in total. The molecule has 5 heterocycles. The van der Waals surface area contributed by atoms with E-state index in [1.807, 2.05) is 12.1 Å². The molecule has 1 unspecified atom stereocenters. The first-order valence-electron chi connectivity index (χ1n) is 9.93. The Morgan fingerprint density at radius 1 is 1.04 bits per heavy atom. The summed E-state index contributed by atoms with van der Waals surface area (Å²) in [6.45, 7) is 1.42. The number of hydrogen-bond donors (Lipinski definition) is 0. The highest BCUT2D eigenvalue weighted by molar-refractivity contribution is 5.80. The fraction of sp³-hybridized carbons (Fsp3) is 0.600. The van der Waals surface area contributed by atoms with Gasteiger partial charge in [-0.25, -0.2) is 0 Å². The van der Waals surface area contributed by atoms with Gasteiger partial charge in [-0.2, -0.15) is 4.98 Å². The van der Waals surface area contributed by atoms with Gasteiger partial charge < -0.3 is 14.2 Å². The Labute approximate surface area is 158 Å². The molecule has 27 heavy (non-hydrogen) atoms. The van der Waals surface area contributed by atoms with Crippen molar-refractivity contribution >= 4 is 5.91 Å². The summed E-state index contributed by atoms with van der Waals surface area (Å²) in [6.07, 6.45) is 9.18. The molecule has 7 heteroatoms. The van der Waals surface area contributed by atoms with E-state index in [-0.39, 0.29) is 11.8 Å². The minimum atomic E-state index is 0.139. The monoisotopic (exact) mass is 368 g/mol. The molecule has 0 spiro atoms. The first-order valence-corrected chi connectivity index (χ1v) is 9.93. The smallest absolute Gasteiger partial charge is 0.230 e. The van der Waals surface area contributed by atoms with Gasteiger partial charge in [0.05, 0.1) is 0 Å². The van der Waals surface area contributed by atoms with Crippen LogP contribution in [-0.4, -0.2) is 51.2 Å². The van der Waals surface area contributed by atoms with E-state index >= 15 is 0 Å². The zero-order chi connectivity index (χ0) is 18.2. The van der Waals surface area contributed by atoms with Crippen LogP contribution in [0.1, 0.15) is 50.3 Å². The molecule has 2 aromatic rings. The molecule has 5 rings (SSSR count). The Morgan fingerprint density at radius 2 is 1.74 bits per heavy atom. The Morgan fingerprint density at radius 3 is 2.44 bits per heavy atom. The van der Waals surface area contributed by atoms with E-state index in [9.17, 15) is 4.79 Å². The Balaban J connectivity index is 1.30. The Bertz CT molecular complexity index is 789. The maximum absolute atomic E-state index is 13.1. The molecule has 0 N–H and O–H groups in total. The minimum absolute atomic E-state index is 0.139. The van der Waals surface area contributed by atoms with Crippen LogP contribution >= 0.6 is 0 Å². The maximum atomic E-state index is 13.1. The van der Waals surface area contributed by atoms with E-state index in [0.717, 1.165) is 44.1 Å². The average molecular weight is 368 g/mol. The van der Waals surface area contributed by atoms with Crippen LogP contribution in [0.2, 0.25) is 0 Å². The molecule has 0 radical (unpaired) electrons. The third-order valence-electron chi connectivity index (χ3n) is 6.29. The lowest BCUT2D eigenvalue weighted by Gasteiger charge is -2.40. The average Bonchev–Trinajstić information content (AvgIpc) is 3.32. The number of nitrogens with zero attached hydrogens (tertiary/aromatic N) is 4. The van der Waals surface area contributed by atoms with Crippen molar-refractivity contribution in [3.05, 3.63) is 30.4 Å². The summed E-state index contributed by atoms with van der Waals surface area (Å²) in [4.78, 5) is 23.9. The number of fused-ring (bicyclic) bond motifs is 2. The van der Waals surface area contributed by atoms with E-state index in [1.54, 1.807) is 12.4 Å². The molecule has 0 aliphatic carbocycles. The third-order valence-corrected chi connectivity index (χ3v) is 6.29. The topological polar surface area (TPSA) is 81.4 Å². The summed E-state index contributed by atoms with van der Waals surface area (Å²) in [5.41, 5.74) is 0.912. The zero-order valence-electron chi connectivity index (χ0n) is 15.3. The normalized spacial score (nSPS) is 28.4. The van der Waals surface area contributed by atoms with Gasteiger partial charge in [-0.15, -0.1) is 0 Å². The van der Waals surface area contributed by atoms with Gasteiger partial charge in [0.15, 0.2) is 0 Å². The molecule has 3 saturated heterocycles. The second kappa shape index (κ2) is 7.03. The molecule has 3 aliphatic heterocycles. The van der Waals surface area contributed by atoms with Gasteiger partial charge in [-0.1, -0.05) is 5.16 Å². The van der Waals surface area contributed by atoms with E-state index in [4.69, 9.17) is 9.26 Å². The van der Waals surface area contributed by atoms with Crippen molar-refractivity contribution in [2.75, 3.05) is 13.2 Å². The number of rotatable bonds is 3. The molecular weight excluding hydrogens is 344 g/mol. The SMILES string of the molecule is O=C(C1CCOCC1)N1[C@@H]2CC[C@H]1CC(c1nc(-c3ccncc3)no1)C2. The van der Waals surface area contributed by atoms with E-state index in [0.29, 0.717) is 42.9 Å². The van der Waals surface area contributed by atoms with Crippen LogP contribution in [0.4, 0.5) is 0 Å². The molecule has 2 bridgehead atoms. The first-order chi connectivity index (χ1) is 13.3. The molecule has 3 aliphatic rings. The summed E-state index contributed by atoms with van der Waals surface area (Å²) < 4.78 is 11.0. The number of carbonyl (C=O) groups is 1. The van der Waals surface area contributed by atoms with Crippen molar-refractivity contribution < 1.29 is 14.1 Å². The summed E-state index contributed by atoms with van der Waals surface area (Å²) in [5, 5.41) is 4.15. The number of amides is 1. The second-order valence-electron chi connectivity index (χ2n) is 7.88. The largest absolute Gasteiger partial charge is 0.381 e. The maximum Gasteiger partial charge on any atom is 0.230 e. The number of carbonyl (C=O) groups excluding carboxylic acids is 1. The molecule has 0 saturated carbocycles. The van der Waals surface area contributed by atoms with Crippen LogP contribution in [0, 0.1) is 5.92 Å². The fourth-order valence-electron chi connectivity index (χ4n) is 4.91. The summed E-state index contributed by atoms with van der Waals surface area (Å²) in [5.74, 6) is 2.04. The van der Waals surface area contributed by atoms with Crippen molar-refractivity contribution in [2.24, 2.45) is 5.92 Å². The molecule has 3 atom stereocenters. The van der Waals surface area contributed by atoms with E-state index in [1.165, 1.54) is 0 Å². The van der Waals surface area contributed by atoms with Gasteiger partial charge >= 0.3 is 0 Å².